The monoisotopic (exact) mass is 185 g/mol. The molecule has 0 radical (unpaired) electrons. The van der Waals surface area contributed by atoms with Crippen molar-refractivity contribution in [2.45, 2.75) is 0 Å². The molecule has 0 saturated carbocycles. The normalized spacial score (nSPS) is 11.0. The summed E-state index contributed by atoms with van der Waals surface area (Å²) in [5.41, 5.74) is 14.4. The minimum atomic E-state index is 0.430. The summed E-state index contributed by atoms with van der Waals surface area (Å²) < 4.78 is 7.79. The van der Waals surface area contributed by atoms with Gasteiger partial charge >= 0.3 is 0 Å². The number of hydrogen-bond donors (Lipinski definition) is 2. The highest BCUT2D eigenvalue weighted by atomic mass is 14.5. The molecule has 0 aliphatic heterocycles. The van der Waals surface area contributed by atoms with E-state index in [-0.39, 0.29) is 0 Å². The molecule has 0 fully saturated rings. The van der Waals surface area contributed by atoms with Crippen LogP contribution in [0.1, 0.15) is 1.37 Å². The zero-order valence-electron chi connectivity index (χ0n) is 8.70. The van der Waals surface area contributed by atoms with Crippen molar-refractivity contribution < 1.29 is 1.37 Å². The molecule has 2 heteroatoms. The Morgan fingerprint density at radius 1 is 0.714 bits per heavy atom. The maximum atomic E-state index is 7.79. The van der Waals surface area contributed by atoms with Gasteiger partial charge in [0.1, 0.15) is 0 Å². The smallest absolute Gasteiger partial charge is 0.0630 e. The van der Waals surface area contributed by atoms with Gasteiger partial charge in [-0.25, -0.2) is 0 Å². The van der Waals surface area contributed by atoms with Crippen molar-refractivity contribution in [2.75, 3.05) is 11.5 Å². The summed E-state index contributed by atoms with van der Waals surface area (Å²) >= 11 is 0. The summed E-state index contributed by atoms with van der Waals surface area (Å²) in [4.78, 5) is 0. The van der Waals surface area contributed by atoms with Crippen LogP contribution in [0.2, 0.25) is 0 Å². The number of rotatable bonds is 1. The number of hydrogen-bond acceptors (Lipinski definition) is 2. The van der Waals surface area contributed by atoms with E-state index in [0.717, 1.165) is 16.8 Å². The summed E-state index contributed by atoms with van der Waals surface area (Å²) in [6.07, 6.45) is 0. The fraction of sp³-hybridized carbons (Fsp3) is 0. The first-order chi connectivity index (χ1) is 7.16. The quantitative estimate of drug-likeness (QED) is 0.671. The molecule has 0 aliphatic carbocycles. The van der Waals surface area contributed by atoms with E-state index < -0.39 is 0 Å². The van der Waals surface area contributed by atoms with Gasteiger partial charge in [0.05, 0.1) is 1.37 Å². The summed E-state index contributed by atoms with van der Waals surface area (Å²) in [5, 5.41) is 0. The zero-order chi connectivity index (χ0) is 10.8. The summed E-state index contributed by atoms with van der Waals surface area (Å²) in [6.45, 7) is 0. The highest BCUT2D eigenvalue weighted by Crippen LogP contribution is 2.21. The van der Waals surface area contributed by atoms with Crippen molar-refractivity contribution >= 4 is 11.4 Å². The Morgan fingerprint density at radius 2 is 1.21 bits per heavy atom. The van der Waals surface area contributed by atoms with Gasteiger partial charge in [-0.2, -0.15) is 0 Å². The minimum Gasteiger partial charge on any atom is -0.399 e. The number of nitrogen functional groups attached to an aromatic ring is 2. The number of nitrogens with two attached hydrogens (primary N) is 2. The first-order valence-electron chi connectivity index (χ1n) is 4.89. The molecule has 2 aromatic carbocycles. The van der Waals surface area contributed by atoms with E-state index in [1.54, 1.807) is 12.1 Å². The Balaban J connectivity index is 2.49. The van der Waals surface area contributed by atoms with Crippen LogP contribution in [-0.2, 0) is 0 Å². The van der Waals surface area contributed by atoms with Crippen LogP contribution in [0.5, 0.6) is 0 Å². The topological polar surface area (TPSA) is 52.0 Å². The van der Waals surface area contributed by atoms with E-state index in [1.165, 1.54) is 0 Å². The Labute approximate surface area is 84.6 Å². The van der Waals surface area contributed by atoms with Gasteiger partial charge in [-0.1, -0.05) is 24.2 Å². The molecule has 0 amide bonds. The predicted octanol–water partition coefficient (Wildman–Crippen LogP) is 2.52. The van der Waals surface area contributed by atoms with Gasteiger partial charge in [-0.05, 0) is 35.4 Å². The average molecular weight is 185 g/mol. The van der Waals surface area contributed by atoms with Crippen molar-refractivity contribution in [1.82, 2.24) is 0 Å². The standard InChI is InChI=1S/C12H12N2/c13-11-5-1-9(2-6-11)10-3-7-12(14)8-4-10/h1-8H,13-14H2/i1D. The van der Waals surface area contributed by atoms with E-state index in [1.807, 2.05) is 30.3 Å². The van der Waals surface area contributed by atoms with Crippen LogP contribution in [0.3, 0.4) is 0 Å². The molecule has 0 aliphatic rings. The Bertz CT molecular complexity index is 477. The van der Waals surface area contributed by atoms with Gasteiger partial charge < -0.3 is 11.5 Å². The molecule has 0 heterocycles. The lowest BCUT2D eigenvalue weighted by Gasteiger charge is -2.02. The molecule has 4 N–H and O–H groups in total. The third-order valence-electron chi connectivity index (χ3n) is 2.06. The molecule has 0 bridgehead atoms. The SMILES string of the molecule is [2H]c1cc(N)ccc1-c1ccc(N)cc1. The molecule has 14 heavy (non-hydrogen) atoms. The van der Waals surface area contributed by atoms with Crippen molar-refractivity contribution in [2.24, 2.45) is 0 Å². The van der Waals surface area contributed by atoms with Gasteiger partial charge in [0, 0.05) is 11.4 Å². The maximum Gasteiger partial charge on any atom is 0.0630 e. The molecular weight excluding hydrogens is 172 g/mol. The summed E-state index contributed by atoms with van der Waals surface area (Å²) in [5.74, 6) is 0. The lowest BCUT2D eigenvalue weighted by atomic mass is 10.1. The van der Waals surface area contributed by atoms with Crippen LogP contribution in [0.25, 0.3) is 11.1 Å². The van der Waals surface area contributed by atoms with Crippen molar-refractivity contribution in [3.8, 4) is 11.1 Å². The predicted molar refractivity (Wildman–Crippen MR) is 60.7 cm³/mol. The van der Waals surface area contributed by atoms with Gasteiger partial charge in [0.25, 0.3) is 0 Å². The van der Waals surface area contributed by atoms with Gasteiger partial charge in [0.2, 0.25) is 0 Å². The summed E-state index contributed by atoms with van der Waals surface area (Å²) in [6, 6.07) is 13.2. The third-order valence-corrected chi connectivity index (χ3v) is 2.06. The van der Waals surface area contributed by atoms with E-state index in [0.29, 0.717) is 11.7 Å². The molecule has 0 atom stereocenters. The highest BCUT2D eigenvalue weighted by Gasteiger charge is 1.95. The molecule has 2 nitrogen and oxygen atoms in total. The lowest BCUT2D eigenvalue weighted by molar-refractivity contribution is 1.61. The van der Waals surface area contributed by atoms with Crippen molar-refractivity contribution in [3.05, 3.63) is 48.5 Å². The first kappa shape index (κ1) is 7.44. The van der Waals surface area contributed by atoms with E-state index >= 15 is 0 Å². The molecule has 2 rings (SSSR count). The van der Waals surface area contributed by atoms with Crippen molar-refractivity contribution in [3.63, 3.8) is 0 Å². The Morgan fingerprint density at radius 3 is 1.79 bits per heavy atom. The van der Waals surface area contributed by atoms with E-state index in [2.05, 4.69) is 0 Å². The second-order valence-corrected chi connectivity index (χ2v) is 3.16. The molecule has 0 saturated heterocycles. The molecule has 0 aromatic heterocycles. The van der Waals surface area contributed by atoms with Gasteiger partial charge in [-0.15, -0.1) is 0 Å². The maximum absolute atomic E-state index is 7.79. The molecule has 0 spiro atoms. The fourth-order valence-electron chi connectivity index (χ4n) is 1.28. The first-order valence-corrected chi connectivity index (χ1v) is 4.39. The van der Waals surface area contributed by atoms with Crippen LogP contribution >= 0.6 is 0 Å². The molecule has 2 aromatic rings. The van der Waals surface area contributed by atoms with Crippen LogP contribution in [0.4, 0.5) is 11.4 Å². The minimum absolute atomic E-state index is 0.430. The number of benzene rings is 2. The average Bonchev–Trinajstić information content (AvgIpc) is 2.20. The van der Waals surface area contributed by atoms with Crippen LogP contribution < -0.4 is 11.5 Å². The summed E-state index contributed by atoms with van der Waals surface area (Å²) in [7, 11) is 0. The molecule has 0 unspecified atom stereocenters. The second-order valence-electron chi connectivity index (χ2n) is 3.16. The van der Waals surface area contributed by atoms with Crippen LogP contribution in [-0.4, -0.2) is 0 Å². The molecular formula is C12H12N2. The highest BCUT2D eigenvalue weighted by molar-refractivity contribution is 5.67. The fourth-order valence-corrected chi connectivity index (χ4v) is 1.28. The molecule has 70 valence electrons. The Kier molecular flexibility index (Phi) is 1.82. The largest absolute Gasteiger partial charge is 0.399 e. The Hall–Kier alpha value is -1.96. The lowest BCUT2D eigenvalue weighted by Crippen LogP contribution is -1.85. The zero-order valence-corrected chi connectivity index (χ0v) is 7.70. The second kappa shape index (κ2) is 3.42. The van der Waals surface area contributed by atoms with Crippen LogP contribution in [0, 0.1) is 0 Å². The third kappa shape index (κ3) is 1.69. The number of anilines is 2. The van der Waals surface area contributed by atoms with Crippen molar-refractivity contribution in [1.29, 1.82) is 0 Å². The van der Waals surface area contributed by atoms with E-state index in [9.17, 15) is 0 Å². The van der Waals surface area contributed by atoms with Gasteiger partial charge in [0.15, 0.2) is 0 Å². The van der Waals surface area contributed by atoms with Gasteiger partial charge in [-0.3, -0.25) is 0 Å². The van der Waals surface area contributed by atoms with Crippen LogP contribution in [0.15, 0.2) is 48.5 Å². The van der Waals surface area contributed by atoms with E-state index in [4.69, 9.17) is 12.8 Å².